The van der Waals surface area contributed by atoms with Crippen LogP contribution < -0.4 is 4.74 Å². The first kappa shape index (κ1) is 11.5. The number of rotatable bonds is 5. The fourth-order valence-electron chi connectivity index (χ4n) is 1.51. The largest absolute Gasteiger partial charge is 0.494 e. The molecule has 0 saturated heterocycles. The highest BCUT2D eigenvalue weighted by molar-refractivity contribution is 5.72. The topological polar surface area (TPSA) is 39.4 Å². The van der Waals surface area contributed by atoms with Crippen LogP contribution in [0.25, 0.3) is 11.3 Å². The molecule has 0 amide bonds. The summed E-state index contributed by atoms with van der Waals surface area (Å²) in [5.74, 6) is 1.87. The highest BCUT2D eigenvalue weighted by Gasteiger charge is 2.04. The number of furan rings is 1. The van der Waals surface area contributed by atoms with Gasteiger partial charge in [0.15, 0.2) is 12.0 Å². The lowest BCUT2D eigenvalue weighted by Crippen LogP contribution is -1.94. The second kappa shape index (κ2) is 5.34. The predicted octanol–water partition coefficient (Wildman–Crippen LogP) is 3.55. The molecule has 2 rings (SSSR count). The van der Waals surface area contributed by atoms with Crippen LogP contribution in [0.15, 0.2) is 40.8 Å². The van der Waals surface area contributed by atoms with Crippen molar-refractivity contribution in [2.45, 2.75) is 13.3 Å². The third-order valence-corrected chi connectivity index (χ3v) is 2.35. The van der Waals surface area contributed by atoms with E-state index in [9.17, 15) is 4.79 Å². The number of hydrogen-bond donors (Lipinski definition) is 0. The number of carbonyl (C=O) groups excluding carboxylic acids is 1. The van der Waals surface area contributed by atoms with Crippen LogP contribution in [-0.4, -0.2) is 12.9 Å². The van der Waals surface area contributed by atoms with Crippen LogP contribution in [0.1, 0.15) is 23.9 Å². The van der Waals surface area contributed by atoms with Gasteiger partial charge in [-0.2, -0.15) is 0 Å². The lowest BCUT2D eigenvalue weighted by Gasteiger charge is -2.04. The molecule has 0 atom stereocenters. The molecule has 0 bridgehead atoms. The van der Waals surface area contributed by atoms with Gasteiger partial charge >= 0.3 is 0 Å². The van der Waals surface area contributed by atoms with Crippen LogP contribution in [0.5, 0.6) is 5.75 Å². The van der Waals surface area contributed by atoms with Crippen LogP contribution in [0.3, 0.4) is 0 Å². The molecule has 0 N–H and O–H groups in total. The Labute approximate surface area is 100 Å². The second-order valence-corrected chi connectivity index (χ2v) is 3.69. The maximum absolute atomic E-state index is 10.5. The fourth-order valence-corrected chi connectivity index (χ4v) is 1.51. The van der Waals surface area contributed by atoms with Gasteiger partial charge in [-0.25, -0.2) is 0 Å². The Balaban J connectivity index is 2.14. The molecule has 3 nitrogen and oxygen atoms in total. The monoisotopic (exact) mass is 230 g/mol. The molecule has 17 heavy (non-hydrogen) atoms. The summed E-state index contributed by atoms with van der Waals surface area (Å²) < 4.78 is 10.8. The minimum absolute atomic E-state index is 0.339. The summed E-state index contributed by atoms with van der Waals surface area (Å²) in [6, 6.07) is 11.1. The fraction of sp³-hybridized carbons (Fsp3) is 0.214. The summed E-state index contributed by atoms with van der Waals surface area (Å²) in [5, 5.41) is 0. The van der Waals surface area contributed by atoms with Crippen molar-refractivity contribution >= 4 is 6.29 Å². The average Bonchev–Trinajstić information content (AvgIpc) is 2.86. The van der Waals surface area contributed by atoms with Crippen molar-refractivity contribution in [1.82, 2.24) is 0 Å². The highest BCUT2D eigenvalue weighted by atomic mass is 16.5. The van der Waals surface area contributed by atoms with Gasteiger partial charge in [-0.3, -0.25) is 4.79 Å². The van der Waals surface area contributed by atoms with E-state index in [1.54, 1.807) is 12.1 Å². The van der Waals surface area contributed by atoms with Gasteiger partial charge < -0.3 is 9.15 Å². The van der Waals surface area contributed by atoms with Crippen LogP contribution in [0, 0.1) is 0 Å². The van der Waals surface area contributed by atoms with E-state index >= 15 is 0 Å². The molecule has 0 aliphatic rings. The zero-order valence-corrected chi connectivity index (χ0v) is 9.68. The molecular formula is C14H14O3. The maximum Gasteiger partial charge on any atom is 0.185 e. The molecule has 3 heteroatoms. The Morgan fingerprint density at radius 3 is 2.53 bits per heavy atom. The smallest absolute Gasteiger partial charge is 0.185 e. The summed E-state index contributed by atoms with van der Waals surface area (Å²) in [6.45, 7) is 2.79. The maximum atomic E-state index is 10.5. The molecule has 0 spiro atoms. The Bertz CT molecular complexity index is 482. The normalized spacial score (nSPS) is 10.2. The van der Waals surface area contributed by atoms with Crippen LogP contribution in [-0.2, 0) is 0 Å². The molecule has 0 aliphatic heterocycles. The standard InChI is InChI=1S/C14H14O3/c1-2-9-16-12-5-3-11(4-6-12)14-8-7-13(10-15)17-14/h3-8,10H,2,9H2,1H3. The number of aldehydes is 1. The van der Waals surface area contributed by atoms with Crippen molar-refractivity contribution in [3.05, 3.63) is 42.2 Å². The van der Waals surface area contributed by atoms with Gasteiger partial charge in [0, 0.05) is 5.56 Å². The van der Waals surface area contributed by atoms with Crippen molar-refractivity contribution in [1.29, 1.82) is 0 Å². The van der Waals surface area contributed by atoms with Gasteiger partial charge in [-0.05, 0) is 42.8 Å². The Kier molecular flexibility index (Phi) is 3.60. The van der Waals surface area contributed by atoms with Gasteiger partial charge in [-0.15, -0.1) is 0 Å². The molecule has 1 heterocycles. The van der Waals surface area contributed by atoms with Gasteiger partial charge in [0.25, 0.3) is 0 Å². The summed E-state index contributed by atoms with van der Waals surface area (Å²) in [5.41, 5.74) is 0.932. The van der Waals surface area contributed by atoms with E-state index in [0.717, 1.165) is 24.3 Å². The molecular weight excluding hydrogens is 216 g/mol. The second-order valence-electron chi connectivity index (χ2n) is 3.69. The molecule has 88 valence electrons. The summed E-state index contributed by atoms with van der Waals surface area (Å²) in [6.07, 6.45) is 1.69. The molecule has 0 radical (unpaired) electrons. The first-order chi connectivity index (χ1) is 8.33. The van der Waals surface area contributed by atoms with Gasteiger partial charge in [-0.1, -0.05) is 6.92 Å². The number of hydrogen-bond acceptors (Lipinski definition) is 3. The first-order valence-corrected chi connectivity index (χ1v) is 5.61. The Hall–Kier alpha value is -2.03. The number of benzene rings is 1. The molecule has 0 fully saturated rings. The molecule has 0 saturated carbocycles. The van der Waals surface area contributed by atoms with E-state index in [1.165, 1.54) is 0 Å². The van der Waals surface area contributed by atoms with Crippen molar-refractivity contribution in [3.63, 3.8) is 0 Å². The summed E-state index contributed by atoms with van der Waals surface area (Å²) in [7, 11) is 0. The molecule has 0 unspecified atom stereocenters. The Morgan fingerprint density at radius 1 is 1.18 bits per heavy atom. The molecule has 0 aliphatic carbocycles. The summed E-state index contributed by atoms with van der Waals surface area (Å²) >= 11 is 0. The van der Waals surface area contributed by atoms with E-state index in [2.05, 4.69) is 6.92 Å². The van der Waals surface area contributed by atoms with E-state index in [1.807, 2.05) is 24.3 Å². The highest BCUT2D eigenvalue weighted by Crippen LogP contribution is 2.24. The van der Waals surface area contributed by atoms with Crippen LogP contribution in [0.2, 0.25) is 0 Å². The van der Waals surface area contributed by atoms with Gasteiger partial charge in [0.05, 0.1) is 6.61 Å². The first-order valence-electron chi connectivity index (χ1n) is 5.61. The van der Waals surface area contributed by atoms with Gasteiger partial charge in [0.2, 0.25) is 0 Å². The predicted molar refractivity (Wildman–Crippen MR) is 65.3 cm³/mol. The molecule has 1 aromatic carbocycles. The number of ether oxygens (including phenoxy) is 1. The van der Waals surface area contributed by atoms with E-state index in [4.69, 9.17) is 9.15 Å². The average molecular weight is 230 g/mol. The minimum atomic E-state index is 0.339. The van der Waals surface area contributed by atoms with Crippen molar-refractivity contribution in [2.75, 3.05) is 6.61 Å². The molecule has 1 aromatic heterocycles. The third-order valence-electron chi connectivity index (χ3n) is 2.35. The molecule has 2 aromatic rings. The zero-order chi connectivity index (χ0) is 12.1. The zero-order valence-electron chi connectivity index (χ0n) is 9.68. The lowest BCUT2D eigenvalue weighted by atomic mass is 10.2. The van der Waals surface area contributed by atoms with Crippen LogP contribution in [0.4, 0.5) is 0 Å². The van der Waals surface area contributed by atoms with Gasteiger partial charge in [0.1, 0.15) is 11.5 Å². The SMILES string of the molecule is CCCOc1ccc(-c2ccc(C=O)o2)cc1. The van der Waals surface area contributed by atoms with E-state index in [-0.39, 0.29) is 0 Å². The number of carbonyl (C=O) groups is 1. The Morgan fingerprint density at radius 2 is 1.94 bits per heavy atom. The quantitative estimate of drug-likeness (QED) is 0.737. The van der Waals surface area contributed by atoms with Crippen molar-refractivity contribution in [2.24, 2.45) is 0 Å². The van der Waals surface area contributed by atoms with E-state index in [0.29, 0.717) is 17.8 Å². The lowest BCUT2D eigenvalue weighted by molar-refractivity contribution is 0.110. The summed E-state index contributed by atoms with van der Waals surface area (Å²) in [4.78, 5) is 10.5. The van der Waals surface area contributed by atoms with Crippen molar-refractivity contribution < 1.29 is 13.9 Å². The van der Waals surface area contributed by atoms with Crippen molar-refractivity contribution in [3.8, 4) is 17.1 Å². The van der Waals surface area contributed by atoms with E-state index < -0.39 is 0 Å². The minimum Gasteiger partial charge on any atom is -0.494 e. The van der Waals surface area contributed by atoms with Crippen LogP contribution >= 0.6 is 0 Å². The third kappa shape index (κ3) is 2.75.